The Morgan fingerprint density at radius 2 is 2.19 bits per heavy atom. The average molecular weight is 225 g/mol. The molecule has 2 N–H and O–H groups in total. The van der Waals surface area contributed by atoms with Crippen molar-refractivity contribution in [3.05, 3.63) is 29.6 Å². The number of aliphatic hydroxyl groups is 1. The molecule has 1 aliphatic heterocycles. The van der Waals surface area contributed by atoms with E-state index >= 15 is 0 Å². The molecule has 1 saturated heterocycles. The van der Waals surface area contributed by atoms with Crippen LogP contribution >= 0.6 is 0 Å². The van der Waals surface area contributed by atoms with Crippen LogP contribution in [0, 0.1) is 5.82 Å². The molecule has 0 unspecified atom stereocenters. The first-order valence-electron chi connectivity index (χ1n) is 4.99. The van der Waals surface area contributed by atoms with Crippen molar-refractivity contribution in [3.63, 3.8) is 0 Å². The Morgan fingerprint density at radius 1 is 1.50 bits per heavy atom. The van der Waals surface area contributed by atoms with Gasteiger partial charge in [-0.05, 0) is 17.7 Å². The Morgan fingerprint density at radius 3 is 2.75 bits per heavy atom. The maximum atomic E-state index is 13.0. The van der Waals surface area contributed by atoms with Crippen LogP contribution in [0.15, 0.2) is 18.2 Å². The van der Waals surface area contributed by atoms with Crippen LogP contribution in [0.25, 0.3) is 0 Å². The quantitative estimate of drug-likeness (QED) is 0.759. The number of hydrogen-bond acceptors (Lipinski definition) is 3. The molecule has 2 rings (SSSR count). The maximum absolute atomic E-state index is 13.0. The zero-order chi connectivity index (χ0) is 11.7. The van der Waals surface area contributed by atoms with Gasteiger partial charge in [0.25, 0.3) is 0 Å². The molecule has 0 spiro atoms. The fraction of sp³-hybridized carbons (Fsp3) is 0.364. The predicted molar refractivity (Wildman–Crippen MR) is 54.4 cm³/mol. The highest BCUT2D eigenvalue weighted by molar-refractivity contribution is 5.79. The number of aliphatic hydroxyl groups excluding tert-OH is 1. The Balaban J connectivity index is 1.98. The second kappa shape index (κ2) is 4.09. The minimum Gasteiger partial charge on any atom is -0.505 e. The summed E-state index contributed by atoms with van der Waals surface area (Å²) in [5, 5.41) is 18.0. The van der Waals surface area contributed by atoms with Crippen LogP contribution in [0.1, 0.15) is 5.56 Å². The molecule has 4 nitrogen and oxygen atoms in total. The van der Waals surface area contributed by atoms with Gasteiger partial charge in [-0.15, -0.1) is 0 Å². The van der Waals surface area contributed by atoms with Crippen LogP contribution in [0.4, 0.5) is 4.39 Å². The molecule has 0 aromatic heterocycles. The van der Waals surface area contributed by atoms with Gasteiger partial charge >= 0.3 is 0 Å². The average Bonchev–Trinajstić information content (AvgIpc) is 2.19. The summed E-state index contributed by atoms with van der Waals surface area (Å²) in [6.45, 7) is 0.693. The minimum absolute atomic E-state index is 0.0872. The predicted octanol–water partition coefficient (Wildman–Crippen LogP) is 0.277. The molecule has 1 heterocycles. The van der Waals surface area contributed by atoms with Crippen LogP contribution in [-0.2, 0) is 11.2 Å². The number of amides is 1. The molecule has 0 bridgehead atoms. The lowest BCUT2D eigenvalue weighted by atomic mass is 10.1. The first-order valence-corrected chi connectivity index (χ1v) is 4.99. The summed E-state index contributed by atoms with van der Waals surface area (Å²) < 4.78 is 13.0. The summed E-state index contributed by atoms with van der Waals surface area (Å²) in [7, 11) is 0. The Bertz CT molecular complexity index is 416. The SMILES string of the molecule is O=C(Cc1ccc(O)c(F)c1)N1CC(O)C1. The van der Waals surface area contributed by atoms with E-state index in [0.29, 0.717) is 18.7 Å². The van der Waals surface area contributed by atoms with Crippen molar-refractivity contribution < 1.29 is 19.4 Å². The summed E-state index contributed by atoms with van der Waals surface area (Å²) in [6, 6.07) is 3.87. The van der Waals surface area contributed by atoms with Crippen LogP contribution in [0.5, 0.6) is 5.75 Å². The lowest BCUT2D eigenvalue weighted by molar-refractivity contribution is -0.140. The maximum Gasteiger partial charge on any atom is 0.227 e. The van der Waals surface area contributed by atoms with Gasteiger partial charge in [0.2, 0.25) is 5.91 Å². The number of phenolic OH excluding ortho intramolecular Hbond substituents is 1. The molecule has 1 amide bonds. The number of nitrogens with zero attached hydrogens (tertiary/aromatic N) is 1. The van der Waals surface area contributed by atoms with Gasteiger partial charge in [-0.1, -0.05) is 6.07 Å². The number of aromatic hydroxyl groups is 1. The number of hydrogen-bond donors (Lipinski definition) is 2. The van der Waals surface area contributed by atoms with Gasteiger partial charge in [0.05, 0.1) is 12.5 Å². The molecule has 0 radical (unpaired) electrons. The summed E-state index contributed by atoms with van der Waals surface area (Å²) in [5.74, 6) is -1.29. The van der Waals surface area contributed by atoms with Crippen molar-refractivity contribution in [2.45, 2.75) is 12.5 Å². The summed E-state index contributed by atoms with van der Waals surface area (Å²) in [4.78, 5) is 13.1. The molecule has 1 aromatic rings. The number of benzene rings is 1. The van der Waals surface area contributed by atoms with Crippen molar-refractivity contribution >= 4 is 5.91 Å². The molecule has 0 atom stereocenters. The molecule has 86 valence electrons. The van der Waals surface area contributed by atoms with E-state index in [0.717, 1.165) is 6.07 Å². The Kier molecular flexibility index (Phi) is 2.78. The third-order valence-electron chi connectivity index (χ3n) is 2.58. The number of halogens is 1. The highest BCUT2D eigenvalue weighted by atomic mass is 19.1. The van der Waals surface area contributed by atoms with Gasteiger partial charge in [-0.2, -0.15) is 0 Å². The number of carbonyl (C=O) groups excluding carboxylic acids is 1. The molecular weight excluding hydrogens is 213 g/mol. The fourth-order valence-corrected chi connectivity index (χ4v) is 1.61. The Labute approximate surface area is 91.9 Å². The molecular formula is C11H12FNO3. The lowest BCUT2D eigenvalue weighted by Gasteiger charge is -2.35. The standard InChI is InChI=1S/C11H12FNO3/c12-9-3-7(1-2-10(9)15)4-11(16)13-5-8(14)6-13/h1-3,8,14-15H,4-6H2. The van der Waals surface area contributed by atoms with E-state index in [1.807, 2.05) is 0 Å². The molecule has 0 saturated carbocycles. The van der Waals surface area contributed by atoms with Gasteiger partial charge < -0.3 is 15.1 Å². The third kappa shape index (κ3) is 2.14. The lowest BCUT2D eigenvalue weighted by Crippen LogP contribution is -2.53. The first-order chi connectivity index (χ1) is 7.56. The first kappa shape index (κ1) is 10.9. The van der Waals surface area contributed by atoms with E-state index in [2.05, 4.69) is 0 Å². The molecule has 5 heteroatoms. The number of β-amino-alcohol motifs (C(OH)–C–C–N with tert-alkyl or cyclic N) is 1. The van der Waals surface area contributed by atoms with Crippen molar-refractivity contribution in [1.29, 1.82) is 0 Å². The topological polar surface area (TPSA) is 60.8 Å². The molecule has 1 aromatic carbocycles. The van der Waals surface area contributed by atoms with E-state index < -0.39 is 17.7 Å². The van der Waals surface area contributed by atoms with E-state index in [1.54, 1.807) is 0 Å². The zero-order valence-electron chi connectivity index (χ0n) is 8.56. The van der Waals surface area contributed by atoms with Crippen molar-refractivity contribution in [2.24, 2.45) is 0 Å². The van der Waals surface area contributed by atoms with Crippen LogP contribution < -0.4 is 0 Å². The Hall–Kier alpha value is -1.62. The van der Waals surface area contributed by atoms with Gasteiger partial charge in [0, 0.05) is 13.1 Å². The number of rotatable bonds is 2. The van der Waals surface area contributed by atoms with Gasteiger partial charge in [-0.3, -0.25) is 4.79 Å². The largest absolute Gasteiger partial charge is 0.505 e. The summed E-state index contributed by atoms with van der Waals surface area (Å²) >= 11 is 0. The summed E-state index contributed by atoms with van der Waals surface area (Å²) in [5.41, 5.74) is 0.515. The highest BCUT2D eigenvalue weighted by Gasteiger charge is 2.28. The monoisotopic (exact) mass is 225 g/mol. The highest BCUT2D eigenvalue weighted by Crippen LogP contribution is 2.17. The number of carbonyl (C=O) groups is 1. The smallest absolute Gasteiger partial charge is 0.227 e. The van der Waals surface area contributed by atoms with E-state index in [1.165, 1.54) is 17.0 Å². The van der Waals surface area contributed by atoms with Crippen LogP contribution in [-0.4, -0.2) is 40.2 Å². The van der Waals surface area contributed by atoms with Crippen LogP contribution in [0.2, 0.25) is 0 Å². The second-order valence-electron chi connectivity index (χ2n) is 3.92. The van der Waals surface area contributed by atoms with E-state index in [4.69, 9.17) is 10.2 Å². The molecule has 1 fully saturated rings. The normalized spacial score (nSPS) is 16.0. The van der Waals surface area contributed by atoms with Crippen molar-refractivity contribution in [3.8, 4) is 5.75 Å². The van der Waals surface area contributed by atoms with Crippen molar-refractivity contribution in [1.82, 2.24) is 4.90 Å². The van der Waals surface area contributed by atoms with Gasteiger partial charge in [0.15, 0.2) is 11.6 Å². The van der Waals surface area contributed by atoms with Crippen molar-refractivity contribution in [2.75, 3.05) is 13.1 Å². The molecule has 0 aliphatic carbocycles. The minimum atomic E-state index is -0.728. The van der Waals surface area contributed by atoms with Crippen LogP contribution in [0.3, 0.4) is 0 Å². The second-order valence-corrected chi connectivity index (χ2v) is 3.92. The van der Waals surface area contributed by atoms with E-state index in [-0.39, 0.29) is 12.3 Å². The zero-order valence-corrected chi connectivity index (χ0v) is 8.56. The summed E-state index contributed by atoms with van der Waals surface area (Å²) in [6.07, 6.45) is -0.343. The van der Waals surface area contributed by atoms with Gasteiger partial charge in [0.1, 0.15) is 0 Å². The van der Waals surface area contributed by atoms with Gasteiger partial charge in [-0.25, -0.2) is 4.39 Å². The molecule has 1 aliphatic rings. The molecule has 16 heavy (non-hydrogen) atoms. The van der Waals surface area contributed by atoms with E-state index in [9.17, 15) is 9.18 Å². The third-order valence-corrected chi connectivity index (χ3v) is 2.58. The number of likely N-dealkylation sites (tertiary alicyclic amines) is 1. The fourth-order valence-electron chi connectivity index (χ4n) is 1.61. The number of phenols is 1.